The molecule has 2 heteroatoms. The van der Waals surface area contributed by atoms with Crippen LogP contribution in [0.15, 0.2) is 11.1 Å². The molecule has 0 radical (unpaired) electrons. The molecule has 1 nitrogen and oxygen atoms in total. The maximum absolute atomic E-state index is 5.52. The highest BCUT2D eigenvalue weighted by Crippen LogP contribution is 1.98. The van der Waals surface area contributed by atoms with Crippen molar-refractivity contribution in [2.75, 3.05) is 6.54 Å². The van der Waals surface area contributed by atoms with Gasteiger partial charge in [-0.1, -0.05) is 25.4 Å². The van der Waals surface area contributed by atoms with E-state index in [-0.39, 0.29) is 0 Å². The topological polar surface area (TPSA) is 12.0 Å². The predicted molar refractivity (Wildman–Crippen MR) is 52.0 cm³/mol. The highest BCUT2D eigenvalue weighted by atomic mass is 35.5. The molecule has 0 atom stereocenters. The first-order valence-electron chi connectivity index (χ1n) is 4.23. The van der Waals surface area contributed by atoms with Gasteiger partial charge in [0, 0.05) is 18.1 Å². The fourth-order valence-electron chi connectivity index (χ4n) is 0.921. The van der Waals surface area contributed by atoms with Crippen LogP contribution in [0.1, 0.15) is 33.6 Å². The Morgan fingerprint density at radius 3 is 2.36 bits per heavy atom. The van der Waals surface area contributed by atoms with Crippen molar-refractivity contribution in [2.24, 2.45) is 0 Å². The van der Waals surface area contributed by atoms with E-state index < -0.39 is 0 Å². The highest BCUT2D eigenvalue weighted by Gasteiger charge is 2.00. The summed E-state index contributed by atoms with van der Waals surface area (Å²) in [6.07, 6.45) is 2.37. The van der Waals surface area contributed by atoms with Crippen LogP contribution in [0.3, 0.4) is 0 Å². The lowest BCUT2D eigenvalue weighted by molar-refractivity contribution is 0.505. The Morgan fingerprint density at radius 1 is 1.45 bits per heavy atom. The molecule has 0 rings (SSSR count). The van der Waals surface area contributed by atoms with Crippen LogP contribution in [-0.2, 0) is 0 Å². The van der Waals surface area contributed by atoms with Gasteiger partial charge in [-0.15, -0.1) is 0 Å². The van der Waals surface area contributed by atoms with Gasteiger partial charge in [0.2, 0.25) is 0 Å². The molecule has 0 aliphatic heterocycles. The van der Waals surface area contributed by atoms with Crippen molar-refractivity contribution in [1.82, 2.24) is 5.32 Å². The average Bonchev–Trinajstić information content (AvgIpc) is 2.06. The molecular weight excluding hydrogens is 158 g/mol. The summed E-state index contributed by atoms with van der Waals surface area (Å²) >= 11 is 5.52. The number of nitrogens with one attached hydrogen (secondary N) is 1. The van der Waals surface area contributed by atoms with E-state index in [2.05, 4.69) is 19.2 Å². The molecule has 0 aromatic rings. The van der Waals surface area contributed by atoms with E-state index in [0.29, 0.717) is 6.04 Å². The van der Waals surface area contributed by atoms with Crippen molar-refractivity contribution in [2.45, 2.75) is 39.7 Å². The Kier molecular flexibility index (Phi) is 6.68. The summed E-state index contributed by atoms with van der Waals surface area (Å²) < 4.78 is 0. The summed E-state index contributed by atoms with van der Waals surface area (Å²) in [7, 11) is 0. The van der Waals surface area contributed by atoms with Crippen LogP contribution in [0.5, 0.6) is 0 Å². The maximum Gasteiger partial charge on any atom is 0.0176 e. The first-order chi connectivity index (χ1) is 5.24. The van der Waals surface area contributed by atoms with Crippen LogP contribution in [-0.4, -0.2) is 12.6 Å². The Hall–Kier alpha value is -0.0100. The smallest absolute Gasteiger partial charge is 0.0176 e. The Bertz CT molecular complexity index is 117. The largest absolute Gasteiger partial charge is 0.310 e. The molecule has 0 aromatic heterocycles. The van der Waals surface area contributed by atoms with Crippen molar-refractivity contribution < 1.29 is 0 Å². The number of hydrogen-bond acceptors (Lipinski definition) is 1. The number of halogens is 1. The van der Waals surface area contributed by atoms with Crippen LogP contribution in [0.2, 0.25) is 0 Å². The SMILES string of the molecule is CCC(CC)NCC(C)=CCl. The third-order valence-corrected chi connectivity index (χ3v) is 2.21. The predicted octanol–water partition coefficient (Wildman–Crippen LogP) is 2.91. The molecule has 0 fully saturated rings. The number of rotatable bonds is 5. The Morgan fingerprint density at radius 2 is 2.00 bits per heavy atom. The van der Waals surface area contributed by atoms with Gasteiger partial charge in [0.15, 0.2) is 0 Å². The van der Waals surface area contributed by atoms with Gasteiger partial charge >= 0.3 is 0 Å². The van der Waals surface area contributed by atoms with Crippen LogP contribution >= 0.6 is 11.6 Å². The quantitative estimate of drug-likeness (QED) is 0.678. The van der Waals surface area contributed by atoms with Crippen LogP contribution in [0, 0.1) is 0 Å². The molecule has 0 saturated carbocycles. The molecule has 11 heavy (non-hydrogen) atoms. The van der Waals surface area contributed by atoms with Gasteiger partial charge in [-0.25, -0.2) is 0 Å². The van der Waals surface area contributed by atoms with Crippen molar-refractivity contribution in [3.8, 4) is 0 Å². The monoisotopic (exact) mass is 175 g/mol. The van der Waals surface area contributed by atoms with Gasteiger partial charge in [-0.3, -0.25) is 0 Å². The summed E-state index contributed by atoms with van der Waals surface area (Å²) in [5.74, 6) is 0. The Balaban J connectivity index is 3.50. The molecule has 0 unspecified atom stereocenters. The van der Waals surface area contributed by atoms with Crippen molar-refractivity contribution >= 4 is 11.6 Å². The lowest BCUT2D eigenvalue weighted by Gasteiger charge is -2.14. The molecule has 0 aliphatic carbocycles. The molecule has 0 aliphatic rings. The minimum absolute atomic E-state index is 0.640. The summed E-state index contributed by atoms with van der Waals surface area (Å²) in [5.41, 5.74) is 2.83. The lowest BCUT2D eigenvalue weighted by Crippen LogP contribution is -2.28. The molecule has 0 amide bonds. The fourth-order valence-corrected chi connectivity index (χ4v) is 0.998. The first-order valence-corrected chi connectivity index (χ1v) is 4.67. The van der Waals surface area contributed by atoms with Crippen molar-refractivity contribution in [3.63, 3.8) is 0 Å². The van der Waals surface area contributed by atoms with Crippen LogP contribution in [0.25, 0.3) is 0 Å². The molecular formula is C9H18ClN. The lowest BCUT2D eigenvalue weighted by atomic mass is 10.1. The number of hydrogen-bond donors (Lipinski definition) is 1. The van der Waals surface area contributed by atoms with Gasteiger partial charge < -0.3 is 5.32 Å². The van der Waals surface area contributed by atoms with E-state index in [0.717, 1.165) is 6.54 Å². The minimum atomic E-state index is 0.640. The zero-order valence-electron chi connectivity index (χ0n) is 7.65. The van der Waals surface area contributed by atoms with Crippen LogP contribution < -0.4 is 5.32 Å². The standard InChI is InChI=1S/C9H18ClN/c1-4-9(5-2)11-7-8(3)6-10/h6,9,11H,4-5,7H2,1-3H3. The van der Waals surface area contributed by atoms with Gasteiger partial charge in [0.05, 0.1) is 0 Å². The van der Waals surface area contributed by atoms with Gasteiger partial charge in [-0.05, 0) is 25.3 Å². The summed E-state index contributed by atoms with van der Waals surface area (Å²) in [4.78, 5) is 0. The summed E-state index contributed by atoms with van der Waals surface area (Å²) in [6.45, 7) is 7.33. The average molecular weight is 176 g/mol. The van der Waals surface area contributed by atoms with Gasteiger partial charge in [0.1, 0.15) is 0 Å². The second-order valence-electron chi connectivity index (χ2n) is 2.85. The summed E-state index contributed by atoms with van der Waals surface area (Å²) in [5, 5.41) is 3.42. The van der Waals surface area contributed by atoms with E-state index in [9.17, 15) is 0 Å². The zero-order chi connectivity index (χ0) is 8.69. The normalized spacial score (nSPS) is 12.6. The highest BCUT2D eigenvalue weighted by molar-refractivity contribution is 6.25. The van der Waals surface area contributed by atoms with E-state index in [1.54, 1.807) is 5.54 Å². The molecule has 0 heterocycles. The van der Waals surface area contributed by atoms with E-state index in [4.69, 9.17) is 11.6 Å². The molecule has 1 N–H and O–H groups in total. The van der Waals surface area contributed by atoms with Gasteiger partial charge in [-0.2, -0.15) is 0 Å². The fraction of sp³-hybridized carbons (Fsp3) is 0.778. The first kappa shape index (κ1) is 11.0. The molecule has 66 valence electrons. The van der Waals surface area contributed by atoms with Crippen LogP contribution in [0.4, 0.5) is 0 Å². The molecule has 0 bridgehead atoms. The Labute approximate surface area is 74.8 Å². The van der Waals surface area contributed by atoms with E-state index in [1.165, 1.54) is 18.4 Å². The van der Waals surface area contributed by atoms with Gasteiger partial charge in [0.25, 0.3) is 0 Å². The molecule has 0 spiro atoms. The second kappa shape index (κ2) is 6.68. The van der Waals surface area contributed by atoms with E-state index in [1.807, 2.05) is 6.92 Å². The third kappa shape index (κ3) is 5.28. The van der Waals surface area contributed by atoms with E-state index >= 15 is 0 Å². The van der Waals surface area contributed by atoms with Crippen molar-refractivity contribution in [3.05, 3.63) is 11.1 Å². The zero-order valence-corrected chi connectivity index (χ0v) is 8.41. The van der Waals surface area contributed by atoms with Crippen molar-refractivity contribution in [1.29, 1.82) is 0 Å². The second-order valence-corrected chi connectivity index (χ2v) is 3.07. The minimum Gasteiger partial charge on any atom is -0.310 e. The maximum atomic E-state index is 5.52. The third-order valence-electron chi connectivity index (χ3n) is 1.84. The molecule has 0 aromatic carbocycles. The summed E-state index contributed by atoms with van der Waals surface area (Å²) in [6, 6.07) is 0.640. The molecule has 0 saturated heterocycles.